The molecular formula is C16H12ClNO4S. The minimum absolute atomic E-state index is 0.0756. The summed E-state index contributed by atoms with van der Waals surface area (Å²) in [5, 5.41) is 21.2. The van der Waals surface area contributed by atoms with E-state index in [1.165, 1.54) is 11.3 Å². The van der Waals surface area contributed by atoms with Gasteiger partial charge in [-0.05, 0) is 18.4 Å². The van der Waals surface area contributed by atoms with Crippen molar-refractivity contribution in [2.45, 2.75) is 19.8 Å². The molecule has 23 heavy (non-hydrogen) atoms. The molecule has 2 aliphatic rings. The van der Waals surface area contributed by atoms with E-state index in [2.05, 4.69) is 4.99 Å². The molecule has 0 atom stereocenters. The van der Waals surface area contributed by atoms with Crippen molar-refractivity contribution in [1.82, 2.24) is 0 Å². The van der Waals surface area contributed by atoms with Gasteiger partial charge in [-0.15, -0.1) is 11.3 Å². The second kappa shape index (κ2) is 5.79. The Morgan fingerprint density at radius 1 is 1.43 bits per heavy atom. The van der Waals surface area contributed by atoms with Gasteiger partial charge in [-0.3, -0.25) is 9.59 Å². The largest absolute Gasteiger partial charge is 0.506 e. The third kappa shape index (κ3) is 2.64. The molecular weight excluding hydrogens is 338 g/mol. The molecule has 1 aromatic rings. The Balaban J connectivity index is 2.16. The Hall–Kier alpha value is -2.18. The lowest BCUT2D eigenvalue weighted by molar-refractivity contribution is -0.136. The van der Waals surface area contributed by atoms with E-state index >= 15 is 0 Å². The topological polar surface area (TPSA) is 87.0 Å². The van der Waals surface area contributed by atoms with Crippen molar-refractivity contribution >= 4 is 40.4 Å². The molecule has 0 amide bonds. The van der Waals surface area contributed by atoms with Gasteiger partial charge in [0.15, 0.2) is 0 Å². The number of aliphatic hydroxyl groups is 1. The lowest BCUT2D eigenvalue weighted by Crippen LogP contribution is -2.13. The zero-order valence-corrected chi connectivity index (χ0v) is 13.7. The number of thiophene rings is 1. The van der Waals surface area contributed by atoms with Gasteiger partial charge in [-0.1, -0.05) is 17.7 Å². The van der Waals surface area contributed by atoms with E-state index in [1.807, 2.05) is 0 Å². The van der Waals surface area contributed by atoms with Crippen LogP contribution in [-0.4, -0.2) is 27.7 Å². The number of carboxylic acids is 1. The molecule has 0 spiro atoms. The number of aliphatic imine (C=N–C) groups is 1. The number of Topliss-reactive ketones (excluding diaryl/α,β-unsaturated/α-hetero) is 1. The summed E-state index contributed by atoms with van der Waals surface area (Å²) < 4.78 is 0. The molecule has 0 fully saturated rings. The number of carbonyl (C=O) groups is 2. The Labute approximate surface area is 140 Å². The predicted molar refractivity (Wildman–Crippen MR) is 88.2 cm³/mol. The molecule has 5 nitrogen and oxygen atoms in total. The van der Waals surface area contributed by atoms with Gasteiger partial charge in [0.2, 0.25) is 5.78 Å². The maximum atomic E-state index is 12.6. The van der Waals surface area contributed by atoms with Crippen LogP contribution in [0.2, 0.25) is 0 Å². The summed E-state index contributed by atoms with van der Waals surface area (Å²) in [6, 6.07) is 3.42. The zero-order valence-electron chi connectivity index (χ0n) is 12.1. The lowest BCUT2D eigenvalue weighted by Gasteiger charge is -2.18. The molecule has 118 valence electrons. The number of nitrogens with zero attached hydrogens (tertiary/aromatic N) is 1. The lowest BCUT2D eigenvalue weighted by atomic mass is 9.88. The number of halogens is 1. The highest BCUT2D eigenvalue weighted by Gasteiger charge is 2.35. The normalized spacial score (nSPS) is 17.6. The number of aliphatic carboxylic acids is 1. The Morgan fingerprint density at radius 3 is 2.78 bits per heavy atom. The molecule has 0 bridgehead atoms. The van der Waals surface area contributed by atoms with Crippen molar-refractivity contribution in [2.75, 3.05) is 0 Å². The summed E-state index contributed by atoms with van der Waals surface area (Å²) in [6.45, 7) is 1.64. The van der Waals surface area contributed by atoms with E-state index in [-0.39, 0.29) is 35.1 Å². The van der Waals surface area contributed by atoms with Crippen LogP contribution >= 0.6 is 22.9 Å². The molecule has 2 heterocycles. The number of carbonyl (C=O) groups excluding carboxylic acids is 1. The SMILES string of the molecule is CC1=C2C(=NC(C(=O)c3cccs3)=C2CC(=O)O)CC(Cl)=C1O. The highest BCUT2D eigenvalue weighted by Crippen LogP contribution is 2.40. The Morgan fingerprint density at radius 2 is 2.17 bits per heavy atom. The molecule has 0 saturated carbocycles. The summed E-state index contributed by atoms with van der Waals surface area (Å²) >= 11 is 7.28. The van der Waals surface area contributed by atoms with Crippen LogP contribution in [0.3, 0.4) is 0 Å². The second-order valence-corrected chi connectivity index (χ2v) is 6.60. The number of fused-ring (bicyclic) bond motifs is 1. The molecule has 1 aromatic heterocycles. The van der Waals surface area contributed by atoms with Crippen molar-refractivity contribution in [3.05, 3.63) is 55.6 Å². The average molecular weight is 350 g/mol. The summed E-state index contributed by atoms with van der Waals surface area (Å²) in [5.41, 5.74) is 1.96. The third-order valence-corrected chi connectivity index (χ3v) is 4.90. The highest BCUT2D eigenvalue weighted by atomic mass is 35.5. The molecule has 0 aromatic carbocycles. The van der Waals surface area contributed by atoms with Crippen molar-refractivity contribution in [2.24, 2.45) is 4.99 Å². The minimum Gasteiger partial charge on any atom is -0.506 e. The molecule has 0 radical (unpaired) electrons. The maximum absolute atomic E-state index is 12.6. The van der Waals surface area contributed by atoms with Crippen LogP contribution in [0.4, 0.5) is 0 Å². The van der Waals surface area contributed by atoms with E-state index in [0.717, 1.165) is 0 Å². The van der Waals surface area contributed by atoms with Crippen molar-refractivity contribution in [1.29, 1.82) is 0 Å². The number of hydrogen-bond donors (Lipinski definition) is 2. The van der Waals surface area contributed by atoms with Gasteiger partial charge >= 0.3 is 5.97 Å². The quantitative estimate of drug-likeness (QED) is 0.808. The number of hydrogen-bond acceptors (Lipinski definition) is 5. The maximum Gasteiger partial charge on any atom is 0.307 e. The van der Waals surface area contributed by atoms with Gasteiger partial charge in [-0.25, -0.2) is 4.99 Å². The third-order valence-electron chi connectivity index (χ3n) is 3.72. The summed E-state index contributed by atoms with van der Waals surface area (Å²) in [5.74, 6) is -1.45. The number of rotatable bonds is 4. The van der Waals surface area contributed by atoms with Crippen LogP contribution in [0.5, 0.6) is 0 Å². The first-order valence-corrected chi connectivity index (χ1v) is 8.06. The summed E-state index contributed by atoms with van der Waals surface area (Å²) in [7, 11) is 0. The van der Waals surface area contributed by atoms with Crippen LogP contribution < -0.4 is 0 Å². The van der Waals surface area contributed by atoms with Crippen LogP contribution in [0, 0.1) is 0 Å². The fourth-order valence-electron chi connectivity index (χ4n) is 2.71. The number of aliphatic hydroxyl groups excluding tert-OH is 1. The molecule has 0 unspecified atom stereocenters. The first-order valence-electron chi connectivity index (χ1n) is 6.80. The van der Waals surface area contributed by atoms with E-state index in [9.17, 15) is 19.8 Å². The zero-order chi connectivity index (χ0) is 16.7. The minimum atomic E-state index is -1.06. The number of carboxylic acid groups (broad SMARTS) is 1. The highest BCUT2D eigenvalue weighted by molar-refractivity contribution is 7.12. The second-order valence-electron chi connectivity index (χ2n) is 5.19. The molecule has 1 aliphatic heterocycles. The van der Waals surface area contributed by atoms with E-state index in [1.54, 1.807) is 24.4 Å². The van der Waals surface area contributed by atoms with Crippen LogP contribution in [0.15, 0.2) is 55.7 Å². The fourth-order valence-corrected chi connectivity index (χ4v) is 3.64. The van der Waals surface area contributed by atoms with E-state index < -0.39 is 5.97 Å². The number of ketones is 1. The standard InChI is InChI=1S/C16H12ClNO4S/c1-7-13-8(5-12(19)20)14(16(22)11-3-2-4-23-11)18-10(13)6-9(17)15(7)21/h2-4,21H,5-6H2,1H3,(H,19,20). The monoisotopic (exact) mass is 349 g/mol. The van der Waals surface area contributed by atoms with Gasteiger partial charge < -0.3 is 10.2 Å². The van der Waals surface area contributed by atoms with Crippen molar-refractivity contribution in [3.8, 4) is 0 Å². The molecule has 3 rings (SSSR count). The van der Waals surface area contributed by atoms with Gasteiger partial charge in [0.05, 0.1) is 22.0 Å². The smallest absolute Gasteiger partial charge is 0.307 e. The van der Waals surface area contributed by atoms with Gasteiger partial charge in [-0.2, -0.15) is 0 Å². The van der Waals surface area contributed by atoms with Gasteiger partial charge in [0.25, 0.3) is 0 Å². The van der Waals surface area contributed by atoms with Crippen LogP contribution in [-0.2, 0) is 4.79 Å². The molecule has 0 saturated heterocycles. The molecule has 1 aliphatic carbocycles. The first-order chi connectivity index (χ1) is 10.9. The first kappa shape index (κ1) is 15.7. The van der Waals surface area contributed by atoms with Crippen molar-refractivity contribution < 1.29 is 19.8 Å². The fraction of sp³-hybridized carbons (Fsp3) is 0.188. The Kier molecular flexibility index (Phi) is 3.95. The molecule has 7 heteroatoms. The van der Waals surface area contributed by atoms with Gasteiger partial charge in [0.1, 0.15) is 11.5 Å². The van der Waals surface area contributed by atoms with E-state index in [4.69, 9.17) is 11.6 Å². The van der Waals surface area contributed by atoms with Crippen LogP contribution in [0.25, 0.3) is 0 Å². The summed E-state index contributed by atoms with van der Waals surface area (Å²) in [4.78, 5) is 28.7. The van der Waals surface area contributed by atoms with E-state index in [0.29, 0.717) is 27.3 Å². The summed E-state index contributed by atoms with van der Waals surface area (Å²) in [6.07, 6.45) is -0.151. The number of allylic oxidation sites excluding steroid dienone is 4. The predicted octanol–water partition coefficient (Wildman–Crippen LogP) is 3.84. The Bertz CT molecular complexity index is 843. The van der Waals surface area contributed by atoms with Crippen LogP contribution in [0.1, 0.15) is 29.4 Å². The van der Waals surface area contributed by atoms with Gasteiger partial charge in [0, 0.05) is 23.1 Å². The molecule has 2 N–H and O–H groups in total. The average Bonchev–Trinajstić information content (AvgIpc) is 3.12. The van der Waals surface area contributed by atoms with Crippen molar-refractivity contribution in [3.63, 3.8) is 0 Å².